The molecule has 1 N–H and O–H groups in total. The fraction of sp³-hybridized carbons (Fsp3) is 0.217. The number of aromatic nitrogens is 3. The topological polar surface area (TPSA) is 77.0 Å². The van der Waals surface area contributed by atoms with Gasteiger partial charge in [0.2, 0.25) is 0 Å². The standard InChI is InChI=1S/C23H19F3N4O2/c24-23(25,26)32-19-8-6-18(7-9-19)30-22(31)16-10-20(17-11-27-14-28-12-17)21(29-13-16)15-4-2-1-3-5-15/h4,6-14H,1-3,5H2,(H,30,31). The van der Waals surface area contributed by atoms with E-state index in [-0.39, 0.29) is 5.75 Å². The maximum Gasteiger partial charge on any atom is 0.573 e. The van der Waals surface area contributed by atoms with E-state index in [9.17, 15) is 18.0 Å². The summed E-state index contributed by atoms with van der Waals surface area (Å²) in [7, 11) is 0. The molecular formula is C23H19F3N4O2. The third-order valence-corrected chi connectivity index (χ3v) is 4.96. The van der Waals surface area contributed by atoms with Crippen LogP contribution in [0.5, 0.6) is 5.75 Å². The molecule has 9 heteroatoms. The van der Waals surface area contributed by atoms with Gasteiger partial charge in [-0.1, -0.05) is 6.08 Å². The van der Waals surface area contributed by atoms with Crippen LogP contribution in [0.15, 0.2) is 61.3 Å². The lowest BCUT2D eigenvalue weighted by atomic mass is 9.92. The number of alkyl halides is 3. The van der Waals surface area contributed by atoms with E-state index >= 15 is 0 Å². The molecule has 0 aliphatic heterocycles. The van der Waals surface area contributed by atoms with Crippen LogP contribution in [0, 0.1) is 0 Å². The Kier molecular flexibility index (Phi) is 6.16. The summed E-state index contributed by atoms with van der Waals surface area (Å²) in [5.41, 5.74) is 4.05. The van der Waals surface area contributed by atoms with Crippen LogP contribution in [-0.4, -0.2) is 27.2 Å². The minimum atomic E-state index is -4.77. The summed E-state index contributed by atoms with van der Waals surface area (Å²) < 4.78 is 40.8. The summed E-state index contributed by atoms with van der Waals surface area (Å²) in [6.07, 6.45) is 7.76. The molecule has 0 bridgehead atoms. The summed E-state index contributed by atoms with van der Waals surface area (Å²) >= 11 is 0. The number of anilines is 1. The van der Waals surface area contributed by atoms with E-state index in [4.69, 9.17) is 0 Å². The maximum atomic E-state index is 12.8. The lowest BCUT2D eigenvalue weighted by molar-refractivity contribution is -0.274. The highest BCUT2D eigenvalue weighted by molar-refractivity contribution is 6.05. The smallest absolute Gasteiger partial charge is 0.406 e. The highest BCUT2D eigenvalue weighted by Crippen LogP contribution is 2.33. The maximum absolute atomic E-state index is 12.8. The van der Waals surface area contributed by atoms with E-state index in [2.05, 4.69) is 31.1 Å². The Balaban J connectivity index is 1.59. The van der Waals surface area contributed by atoms with Gasteiger partial charge in [0.25, 0.3) is 5.91 Å². The number of hydrogen-bond donors (Lipinski definition) is 1. The van der Waals surface area contributed by atoms with E-state index in [1.165, 1.54) is 24.7 Å². The Morgan fingerprint density at radius 2 is 1.78 bits per heavy atom. The Labute approximate surface area is 182 Å². The van der Waals surface area contributed by atoms with Gasteiger partial charge in [-0.3, -0.25) is 9.78 Å². The van der Waals surface area contributed by atoms with Crippen LogP contribution in [0.4, 0.5) is 18.9 Å². The van der Waals surface area contributed by atoms with Gasteiger partial charge >= 0.3 is 6.36 Å². The van der Waals surface area contributed by atoms with Gasteiger partial charge in [-0.2, -0.15) is 0 Å². The normalized spacial score (nSPS) is 13.9. The first-order chi connectivity index (χ1) is 15.4. The zero-order valence-electron chi connectivity index (χ0n) is 16.9. The van der Waals surface area contributed by atoms with Crippen molar-refractivity contribution in [2.45, 2.75) is 32.0 Å². The highest BCUT2D eigenvalue weighted by Gasteiger charge is 2.31. The molecule has 0 saturated carbocycles. The van der Waals surface area contributed by atoms with Gasteiger partial charge in [0.05, 0.1) is 11.3 Å². The van der Waals surface area contributed by atoms with Crippen molar-refractivity contribution in [3.8, 4) is 16.9 Å². The second-order valence-electron chi connectivity index (χ2n) is 7.25. The van der Waals surface area contributed by atoms with Gasteiger partial charge in [-0.25, -0.2) is 9.97 Å². The SMILES string of the molecule is O=C(Nc1ccc(OC(F)(F)F)cc1)c1cnc(C2=CCCCC2)c(-c2cncnc2)c1. The number of carbonyl (C=O) groups is 1. The molecule has 1 aliphatic carbocycles. The van der Waals surface area contributed by atoms with Gasteiger partial charge in [0.1, 0.15) is 12.1 Å². The zero-order valence-corrected chi connectivity index (χ0v) is 16.9. The van der Waals surface area contributed by atoms with Crippen LogP contribution in [0.3, 0.4) is 0 Å². The molecule has 1 aromatic carbocycles. The molecule has 0 fully saturated rings. The van der Waals surface area contributed by atoms with Crippen molar-refractivity contribution < 1.29 is 22.7 Å². The Morgan fingerprint density at radius 3 is 2.44 bits per heavy atom. The number of pyridine rings is 1. The summed E-state index contributed by atoms with van der Waals surface area (Å²) in [5, 5.41) is 2.66. The van der Waals surface area contributed by atoms with E-state index in [0.29, 0.717) is 11.3 Å². The third kappa shape index (κ3) is 5.29. The first kappa shape index (κ1) is 21.5. The number of amides is 1. The fourth-order valence-electron chi connectivity index (χ4n) is 3.50. The average Bonchev–Trinajstić information content (AvgIpc) is 2.80. The molecule has 3 aromatic rings. The lowest BCUT2D eigenvalue weighted by Gasteiger charge is -2.16. The molecule has 0 saturated heterocycles. The van der Waals surface area contributed by atoms with Gasteiger partial charge in [0, 0.05) is 35.4 Å². The van der Waals surface area contributed by atoms with Gasteiger partial charge in [0.15, 0.2) is 0 Å². The number of allylic oxidation sites excluding steroid dienone is 2. The Bertz CT molecular complexity index is 1130. The lowest BCUT2D eigenvalue weighted by Crippen LogP contribution is -2.17. The molecule has 32 heavy (non-hydrogen) atoms. The molecule has 1 aliphatic rings. The summed E-state index contributed by atoms with van der Waals surface area (Å²) in [6.45, 7) is 0. The third-order valence-electron chi connectivity index (χ3n) is 4.96. The van der Waals surface area contributed by atoms with Crippen LogP contribution >= 0.6 is 0 Å². The van der Waals surface area contributed by atoms with Gasteiger partial charge in [-0.15, -0.1) is 13.2 Å². The van der Waals surface area contributed by atoms with Crippen molar-refractivity contribution in [1.82, 2.24) is 15.0 Å². The predicted molar refractivity (Wildman–Crippen MR) is 113 cm³/mol. The van der Waals surface area contributed by atoms with Crippen LogP contribution in [0.1, 0.15) is 41.7 Å². The van der Waals surface area contributed by atoms with E-state index in [0.717, 1.165) is 60.2 Å². The number of carbonyl (C=O) groups excluding carboxylic acids is 1. The molecule has 2 aromatic heterocycles. The van der Waals surface area contributed by atoms with Crippen LogP contribution < -0.4 is 10.1 Å². The van der Waals surface area contributed by atoms with Crippen molar-refractivity contribution in [2.24, 2.45) is 0 Å². The van der Waals surface area contributed by atoms with Gasteiger partial charge in [-0.05, 0) is 61.6 Å². The fourth-order valence-corrected chi connectivity index (χ4v) is 3.50. The summed E-state index contributed by atoms with van der Waals surface area (Å²) in [6, 6.07) is 6.66. The molecule has 1 amide bonds. The second-order valence-corrected chi connectivity index (χ2v) is 7.25. The van der Waals surface area contributed by atoms with Crippen molar-refractivity contribution in [3.63, 3.8) is 0 Å². The van der Waals surface area contributed by atoms with Crippen LogP contribution in [0.2, 0.25) is 0 Å². The predicted octanol–water partition coefficient (Wildman–Crippen LogP) is 5.65. The number of hydrogen-bond acceptors (Lipinski definition) is 5. The molecule has 164 valence electrons. The molecule has 2 heterocycles. The van der Waals surface area contributed by atoms with E-state index < -0.39 is 12.3 Å². The minimum Gasteiger partial charge on any atom is -0.406 e. The molecule has 0 spiro atoms. The molecule has 6 nitrogen and oxygen atoms in total. The second kappa shape index (κ2) is 9.17. The number of halogens is 3. The highest BCUT2D eigenvalue weighted by atomic mass is 19.4. The number of ether oxygens (including phenoxy) is 1. The van der Waals surface area contributed by atoms with Crippen LogP contribution in [0.25, 0.3) is 16.7 Å². The summed E-state index contributed by atoms with van der Waals surface area (Å²) in [4.78, 5) is 25.5. The Hall–Kier alpha value is -3.75. The number of nitrogens with zero attached hydrogens (tertiary/aromatic N) is 3. The largest absolute Gasteiger partial charge is 0.573 e. The average molecular weight is 440 g/mol. The number of rotatable bonds is 5. The summed E-state index contributed by atoms with van der Waals surface area (Å²) in [5.74, 6) is -0.807. The first-order valence-electron chi connectivity index (χ1n) is 10.0. The Morgan fingerprint density at radius 1 is 1.03 bits per heavy atom. The number of nitrogens with one attached hydrogen (secondary N) is 1. The van der Waals surface area contributed by atoms with Crippen molar-refractivity contribution in [2.75, 3.05) is 5.32 Å². The number of benzene rings is 1. The molecule has 0 atom stereocenters. The van der Waals surface area contributed by atoms with Crippen LogP contribution in [-0.2, 0) is 0 Å². The molecule has 0 unspecified atom stereocenters. The van der Waals surface area contributed by atoms with Gasteiger partial charge < -0.3 is 10.1 Å². The monoisotopic (exact) mass is 440 g/mol. The van der Waals surface area contributed by atoms with E-state index in [1.807, 2.05) is 0 Å². The van der Waals surface area contributed by atoms with Crippen molar-refractivity contribution >= 4 is 17.2 Å². The molecule has 0 radical (unpaired) electrons. The molecular weight excluding hydrogens is 421 g/mol. The minimum absolute atomic E-state index is 0.305. The molecule has 4 rings (SSSR count). The first-order valence-corrected chi connectivity index (χ1v) is 10.0. The quantitative estimate of drug-likeness (QED) is 0.555. The zero-order chi connectivity index (χ0) is 22.6. The van der Waals surface area contributed by atoms with Crippen molar-refractivity contribution in [3.05, 3.63) is 72.6 Å². The van der Waals surface area contributed by atoms with E-state index in [1.54, 1.807) is 18.5 Å². The van der Waals surface area contributed by atoms with Crippen molar-refractivity contribution in [1.29, 1.82) is 0 Å².